The summed E-state index contributed by atoms with van der Waals surface area (Å²) >= 11 is 0. The molecule has 0 amide bonds. The number of carbonyl (C=O) groups is 1. The Morgan fingerprint density at radius 3 is 1.47 bits per heavy atom. The van der Waals surface area contributed by atoms with Gasteiger partial charge in [-0.1, -0.05) is 146 Å². The zero-order valence-corrected chi connectivity index (χ0v) is 29.9. The summed E-state index contributed by atoms with van der Waals surface area (Å²) in [7, 11) is 0. The van der Waals surface area contributed by atoms with Gasteiger partial charge in [-0.15, -0.1) is 0 Å². The minimum atomic E-state index is -0.543. The van der Waals surface area contributed by atoms with Crippen molar-refractivity contribution in [1.82, 2.24) is 0 Å². The van der Waals surface area contributed by atoms with Gasteiger partial charge in [-0.25, -0.2) is 0 Å². The second kappa shape index (κ2) is 38.5. The maximum Gasteiger partial charge on any atom is 0.306 e. The molecule has 0 saturated carbocycles. The van der Waals surface area contributed by atoms with E-state index in [-0.39, 0.29) is 19.2 Å². The molecule has 0 aromatic carbocycles. The highest BCUT2D eigenvalue weighted by atomic mass is 16.6. The molecule has 0 heterocycles. The summed E-state index contributed by atoms with van der Waals surface area (Å²) in [4.78, 5) is 12.1. The third-order valence-electron chi connectivity index (χ3n) is 8.13. The summed E-state index contributed by atoms with van der Waals surface area (Å²) in [5.41, 5.74) is 0. The average Bonchev–Trinajstić information content (AvgIpc) is 3.05. The molecule has 1 unspecified atom stereocenters. The lowest BCUT2D eigenvalue weighted by molar-refractivity contribution is -0.154. The van der Waals surface area contributed by atoms with Crippen LogP contribution in [0.3, 0.4) is 0 Å². The lowest BCUT2D eigenvalue weighted by Crippen LogP contribution is -2.27. The standard InChI is InChI=1S/C41H74O4/c1-3-5-7-9-11-13-15-17-18-19-20-21-22-23-25-27-29-31-33-35-37-44-39-40(38-42)45-41(43)36-34-32-30-28-26-24-16-14-12-10-8-6-4-2/h11,13-14,16-18,20-21,40,42H,3-10,12,15,19,22-39H2,1-2H3/b13-11-,16-14-,18-17-,21-20-. The molecule has 45 heavy (non-hydrogen) atoms. The normalized spacial score (nSPS) is 12.9. The molecule has 0 aliphatic rings. The van der Waals surface area contributed by atoms with Gasteiger partial charge in [-0.05, 0) is 77.0 Å². The van der Waals surface area contributed by atoms with Gasteiger partial charge in [0.1, 0.15) is 6.10 Å². The fourth-order valence-corrected chi connectivity index (χ4v) is 5.21. The van der Waals surface area contributed by atoms with Crippen molar-refractivity contribution >= 4 is 5.97 Å². The van der Waals surface area contributed by atoms with Crippen molar-refractivity contribution in [3.8, 4) is 0 Å². The largest absolute Gasteiger partial charge is 0.457 e. The van der Waals surface area contributed by atoms with Gasteiger partial charge >= 0.3 is 5.97 Å². The quantitative estimate of drug-likeness (QED) is 0.0430. The van der Waals surface area contributed by atoms with Gasteiger partial charge in [0.15, 0.2) is 0 Å². The smallest absolute Gasteiger partial charge is 0.306 e. The molecule has 262 valence electrons. The summed E-state index contributed by atoms with van der Waals surface area (Å²) in [6.45, 7) is 5.27. The highest BCUT2D eigenvalue weighted by molar-refractivity contribution is 5.69. The van der Waals surface area contributed by atoms with Crippen molar-refractivity contribution in [3.63, 3.8) is 0 Å². The van der Waals surface area contributed by atoms with Crippen LogP contribution in [0.25, 0.3) is 0 Å². The third-order valence-corrected chi connectivity index (χ3v) is 8.13. The second-order valence-electron chi connectivity index (χ2n) is 12.6. The molecule has 0 saturated heterocycles. The number of esters is 1. The Morgan fingerprint density at radius 1 is 0.533 bits per heavy atom. The van der Waals surface area contributed by atoms with Crippen LogP contribution in [0, 0.1) is 0 Å². The molecule has 4 heteroatoms. The Bertz CT molecular complexity index is 708. The highest BCUT2D eigenvalue weighted by Crippen LogP contribution is 2.11. The van der Waals surface area contributed by atoms with Crippen LogP contribution < -0.4 is 0 Å². The maximum absolute atomic E-state index is 12.1. The Balaban J connectivity index is 3.48. The fourth-order valence-electron chi connectivity index (χ4n) is 5.21. The zero-order valence-electron chi connectivity index (χ0n) is 29.9. The first-order valence-corrected chi connectivity index (χ1v) is 19.2. The van der Waals surface area contributed by atoms with Gasteiger partial charge in [0, 0.05) is 13.0 Å². The number of carbonyl (C=O) groups excluding carboxylic acids is 1. The predicted octanol–water partition coefficient (Wildman–Crippen LogP) is 12.3. The zero-order chi connectivity index (χ0) is 32.7. The molecule has 0 aromatic rings. The van der Waals surface area contributed by atoms with E-state index < -0.39 is 6.10 Å². The van der Waals surface area contributed by atoms with Gasteiger partial charge in [-0.2, -0.15) is 0 Å². The number of hydrogen-bond donors (Lipinski definition) is 1. The molecule has 0 aromatic heterocycles. The molecule has 1 N–H and O–H groups in total. The molecule has 4 nitrogen and oxygen atoms in total. The van der Waals surface area contributed by atoms with Crippen molar-refractivity contribution in [2.45, 2.75) is 187 Å². The number of aliphatic hydroxyl groups is 1. The van der Waals surface area contributed by atoms with E-state index >= 15 is 0 Å². The lowest BCUT2D eigenvalue weighted by atomic mass is 10.1. The number of rotatable bonds is 35. The van der Waals surface area contributed by atoms with Crippen LogP contribution in [0.4, 0.5) is 0 Å². The van der Waals surface area contributed by atoms with E-state index in [1.54, 1.807) is 0 Å². The van der Waals surface area contributed by atoms with Crippen molar-refractivity contribution in [3.05, 3.63) is 48.6 Å². The number of unbranched alkanes of at least 4 members (excludes halogenated alkanes) is 19. The highest BCUT2D eigenvalue weighted by Gasteiger charge is 2.13. The summed E-state index contributed by atoms with van der Waals surface area (Å²) < 4.78 is 11.1. The van der Waals surface area contributed by atoms with Gasteiger partial charge in [0.2, 0.25) is 0 Å². The van der Waals surface area contributed by atoms with Gasteiger partial charge < -0.3 is 14.6 Å². The Morgan fingerprint density at radius 2 is 0.933 bits per heavy atom. The van der Waals surface area contributed by atoms with Crippen LogP contribution in [-0.4, -0.2) is 37.0 Å². The summed E-state index contributed by atoms with van der Waals surface area (Å²) in [5, 5.41) is 9.56. The molecule has 1 atom stereocenters. The first-order chi connectivity index (χ1) is 22.2. The molecule has 0 bridgehead atoms. The first kappa shape index (κ1) is 43.4. The van der Waals surface area contributed by atoms with Crippen LogP contribution in [-0.2, 0) is 14.3 Å². The molecule has 0 radical (unpaired) electrons. The number of aliphatic hydroxyl groups excluding tert-OH is 1. The van der Waals surface area contributed by atoms with Crippen LogP contribution in [0.2, 0.25) is 0 Å². The van der Waals surface area contributed by atoms with E-state index in [9.17, 15) is 9.90 Å². The van der Waals surface area contributed by atoms with Crippen LogP contribution in [0.15, 0.2) is 48.6 Å². The minimum Gasteiger partial charge on any atom is -0.457 e. The topological polar surface area (TPSA) is 55.8 Å². The van der Waals surface area contributed by atoms with E-state index in [0.29, 0.717) is 13.0 Å². The Labute approximate surface area is 280 Å². The van der Waals surface area contributed by atoms with Crippen LogP contribution in [0.1, 0.15) is 181 Å². The Kier molecular flexibility index (Phi) is 37.1. The Hall–Kier alpha value is -1.65. The molecule has 0 aliphatic carbocycles. The summed E-state index contributed by atoms with van der Waals surface area (Å²) in [5.74, 6) is -0.215. The van der Waals surface area contributed by atoms with Crippen LogP contribution >= 0.6 is 0 Å². The monoisotopic (exact) mass is 631 g/mol. The minimum absolute atomic E-state index is 0.180. The van der Waals surface area contributed by atoms with Gasteiger partial charge in [-0.3, -0.25) is 4.79 Å². The van der Waals surface area contributed by atoms with E-state index in [1.807, 2.05) is 0 Å². The maximum atomic E-state index is 12.1. The molecule has 0 aliphatic heterocycles. The molecule has 0 spiro atoms. The number of ether oxygens (including phenoxy) is 2. The molecular weight excluding hydrogens is 556 g/mol. The number of allylic oxidation sites excluding steroid dienone is 8. The molecule has 0 fully saturated rings. The van der Waals surface area contributed by atoms with Crippen molar-refractivity contribution in [2.24, 2.45) is 0 Å². The predicted molar refractivity (Wildman–Crippen MR) is 196 cm³/mol. The molecular formula is C41H74O4. The second-order valence-corrected chi connectivity index (χ2v) is 12.6. The SMILES string of the molecule is CCCCC/C=C\C/C=C\C/C=C\CCCCCCCCCOCC(CO)OC(=O)CCCCCCC/C=C\CCCCCC. The first-order valence-electron chi connectivity index (χ1n) is 19.2. The third kappa shape index (κ3) is 36.7. The van der Waals surface area contributed by atoms with Crippen LogP contribution in [0.5, 0.6) is 0 Å². The van der Waals surface area contributed by atoms with Crippen molar-refractivity contribution < 1.29 is 19.4 Å². The molecule has 0 rings (SSSR count). The van der Waals surface area contributed by atoms with E-state index in [2.05, 4.69) is 62.5 Å². The number of hydrogen-bond acceptors (Lipinski definition) is 4. The average molecular weight is 631 g/mol. The van der Waals surface area contributed by atoms with Crippen molar-refractivity contribution in [1.29, 1.82) is 0 Å². The van der Waals surface area contributed by atoms with Crippen molar-refractivity contribution in [2.75, 3.05) is 19.8 Å². The fraction of sp³-hybridized carbons (Fsp3) is 0.780. The summed E-state index contributed by atoms with van der Waals surface area (Å²) in [6, 6.07) is 0. The van der Waals surface area contributed by atoms with E-state index in [0.717, 1.165) is 38.5 Å². The van der Waals surface area contributed by atoms with Gasteiger partial charge in [0.25, 0.3) is 0 Å². The lowest BCUT2D eigenvalue weighted by Gasteiger charge is -2.15. The van der Waals surface area contributed by atoms with Gasteiger partial charge in [0.05, 0.1) is 13.2 Å². The van der Waals surface area contributed by atoms with E-state index in [1.165, 1.54) is 122 Å². The van der Waals surface area contributed by atoms with E-state index in [4.69, 9.17) is 9.47 Å². The summed E-state index contributed by atoms with van der Waals surface area (Å²) in [6.07, 6.45) is 48.6.